The zero-order valence-corrected chi connectivity index (χ0v) is 17.0. The number of carbonyl (C=O) groups excluding carboxylic acids is 2. The van der Waals surface area contributed by atoms with Gasteiger partial charge < -0.3 is 10.2 Å². The molecule has 2 heterocycles. The van der Waals surface area contributed by atoms with E-state index in [9.17, 15) is 9.59 Å². The Morgan fingerprint density at radius 1 is 0.933 bits per heavy atom. The molecule has 1 aliphatic heterocycles. The molecule has 2 amide bonds. The molecule has 0 unspecified atom stereocenters. The van der Waals surface area contributed by atoms with Gasteiger partial charge in [-0.15, -0.1) is 0 Å². The van der Waals surface area contributed by atoms with Gasteiger partial charge in [0.25, 0.3) is 5.91 Å². The number of carbonyl (C=O) groups is 2. The van der Waals surface area contributed by atoms with Crippen LogP contribution in [0.1, 0.15) is 28.8 Å². The van der Waals surface area contributed by atoms with Crippen molar-refractivity contribution in [3.63, 3.8) is 0 Å². The summed E-state index contributed by atoms with van der Waals surface area (Å²) in [5.74, 6) is -0.0553. The summed E-state index contributed by atoms with van der Waals surface area (Å²) in [4.78, 5) is 31.0. The third-order valence-electron chi connectivity index (χ3n) is 5.58. The van der Waals surface area contributed by atoms with Crippen LogP contribution in [0.3, 0.4) is 0 Å². The number of pyridine rings is 1. The number of hydrogen-bond donors (Lipinski definition) is 1. The molecule has 1 fully saturated rings. The Balaban J connectivity index is 1.32. The zero-order valence-electron chi connectivity index (χ0n) is 17.0. The number of rotatable bonds is 4. The van der Waals surface area contributed by atoms with E-state index >= 15 is 0 Å². The van der Waals surface area contributed by atoms with Crippen LogP contribution in [0.25, 0.3) is 11.1 Å². The van der Waals surface area contributed by atoms with E-state index in [-0.39, 0.29) is 17.7 Å². The summed E-state index contributed by atoms with van der Waals surface area (Å²) in [6.07, 6.45) is 4.59. The fourth-order valence-corrected chi connectivity index (χ4v) is 3.84. The summed E-state index contributed by atoms with van der Waals surface area (Å²) in [5, 5.41) is 3.03. The van der Waals surface area contributed by atoms with Crippen LogP contribution in [0.5, 0.6) is 0 Å². The normalized spacial score (nSPS) is 14.4. The second kappa shape index (κ2) is 8.91. The second-order valence-electron chi connectivity index (χ2n) is 7.74. The Kier molecular flexibility index (Phi) is 5.89. The van der Waals surface area contributed by atoms with Crippen LogP contribution in [0.2, 0.25) is 0 Å². The summed E-state index contributed by atoms with van der Waals surface area (Å²) in [5.41, 5.74) is 4.95. The van der Waals surface area contributed by atoms with Crippen LogP contribution in [-0.4, -0.2) is 34.8 Å². The first kappa shape index (κ1) is 19.8. The van der Waals surface area contributed by atoms with Crippen LogP contribution < -0.4 is 5.32 Å². The van der Waals surface area contributed by atoms with Crippen LogP contribution in [0.15, 0.2) is 73.1 Å². The highest BCUT2D eigenvalue weighted by Crippen LogP contribution is 2.24. The average Bonchev–Trinajstić information content (AvgIpc) is 2.80. The maximum Gasteiger partial charge on any atom is 0.253 e. The highest BCUT2D eigenvalue weighted by molar-refractivity contribution is 5.95. The number of benzene rings is 2. The number of piperidine rings is 1. The molecule has 0 aliphatic carbocycles. The zero-order chi connectivity index (χ0) is 20.9. The van der Waals surface area contributed by atoms with Gasteiger partial charge >= 0.3 is 0 Å². The predicted molar refractivity (Wildman–Crippen MR) is 118 cm³/mol. The fourth-order valence-electron chi connectivity index (χ4n) is 3.84. The molecule has 0 bridgehead atoms. The quantitative estimate of drug-likeness (QED) is 0.700. The fraction of sp³-hybridized carbons (Fsp3) is 0.240. The minimum Gasteiger partial charge on any atom is -0.339 e. The van der Waals surface area contributed by atoms with Gasteiger partial charge in [0.1, 0.15) is 0 Å². The summed E-state index contributed by atoms with van der Waals surface area (Å²) >= 11 is 0. The molecular formula is C25H25N3O2. The van der Waals surface area contributed by atoms with Crippen LogP contribution >= 0.6 is 0 Å². The summed E-state index contributed by atoms with van der Waals surface area (Å²) in [6, 6.07) is 19.7. The maximum atomic E-state index is 12.7. The molecule has 1 aromatic heterocycles. The average molecular weight is 399 g/mol. The van der Waals surface area contributed by atoms with Crippen LogP contribution in [0.4, 0.5) is 5.69 Å². The number of hydrogen-bond acceptors (Lipinski definition) is 3. The van der Waals surface area contributed by atoms with E-state index in [4.69, 9.17) is 0 Å². The minimum absolute atomic E-state index is 0.00277. The summed E-state index contributed by atoms with van der Waals surface area (Å²) in [6.45, 7) is 3.26. The molecular weight excluding hydrogens is 374 g/mol. The van der Waals surface area contributed by atoms with Crippen molar-refractivity contribution >= 4 is 17.5 Å². The first-order valence-electron chi connectivity index (χ1n) is 10.3. The number of amides is 2. The van der Waals surface area contributed by atoms with Gasteiger partial charge in [-0.05, 0) is 55.2 Å². The van der Waals surface area contributed by atoms with Crippen molar-refractivity contribution in [1.82, 2.24) is 9.88 Å². The molecule has 0 radical (unpaired) electrons. The van der Waals surface area contributed by atoms with Crippen molar-refractivity contribution in [3.05, 3.63) is 84.2 Å². The number of nitrogens with one attached hydrogen (secondary N) is 1. The number of aromatic nitrogens is 1. The SMILES string of the molecule is Cc1cccc(-c2ccc(NC(=O)C3CCN(C(=O)c4ccncc4)CC3)cc2)c1. The van der Waals surface area contributed by atoms with Gasteiger partial charge in [-0.25, -0.2) is 0 Å². The Morgan fingerprint density at radius 2 is 1.63 bits per heavy atom. The first-order chi connectivity index (χ1) is 14.6. The number of aryl methyl sites for hydroxylation is 1. The third kappa shape index (κ3) is 4.57. The molecule has 2 aromatic carbocycles. The third-order valence-corrected chi connectivity index (χ3v) is 5.58. The first-order valence-corrected chi connectivity index (χ1v) is 10.3. The molecule has 0 spiro atoms. The van der Waals surface area contributed by atoms with Gasteiger partial charge in [0.2, 0.25) is 5.91 Å². The van der Waals surface area contributed by atoms with Crippen LogP contribution in [0, 0.1) is 12.8 Å². The lowest BCUT2D eigenvalue weighted by Gasteiger charge is -2.31. The van der Waals surface area contributed by atoms with Gasteiger partial charge in [0.05, 0.1) is 0 Å². The predicted octanol–water partition coefficient (Wildman–Crippen LogP) is 4.55. The van der Waals surface area contributed by atoms with Crippen molar-refractivity contribution in [3.8, 4) is 11.1 Å². The molecule has 5 heteroatoms. The van der Waals surface area contributed by atoms with E-state index in [2.05, 4.69) is 35.4 Å². The second-order valence-corrected chi connectivity index (χ2v) is 7.74. The van der Waals surface area contributed by atoms with Crippen molar-refractivity contribution in [2.45, 2.75) is 19.8 Å². The summed E-state index contributed by atoms with van der Waals surface area (Å²) in [7, 11) is 0. The van der Waals surface area contributed by atoms with Gasteiger partial charge in [-0.1, -0.05) is 42.0 Å². The number of anilines is 1. The topological polar surface area (TPSA) is 62.3 Å². The van der Waals surface area contributed by atoms with E-state index in [1.54, 1.807) is 24.5 Å². The lowest BCUT2D eigenvalue weighted by Crippen LogP contribution is -2.41. The summed E-state index contributed by atoms with van der Waals surface area (Å²) < 4.78 is 0. The lowest BCUT2D eigenvalue weighted by atomic mass is 9.95. The minimum atomic E-state index is -0.0806. The molecule has 1 N–H and O–H groups in total. The van der Waals surface area contributed by atoms with E-state index in [0.29, 0.717) is 31.5 Å². The van der Waals surface area contributed by atoms with Gasteiger partial charge in [-0.3, -0.25) is 14.6 Å². The maximum absolute atomic E-state index is 12.7. The van der Waals surface area contributed by atoms with Gasteiger partial charge in [-0.2, -0.15) is 0 Å². The largest absolute Gasteiger partial charge is 0.339 e. The molecule has 30 heavy (non-hydrogen) atoms. The molecule has 1 saturated heterocycles. The van der Waals surface area contributed by atoms with Gasteiger partial charge in [0.15, 0.2) is 0 Å². The molecule has 1 aliphatic rings. The highest BCUT2D eigenvalue weighted by atomic mass is 16.2. The number of likely N-dealkylation sites (tertiary alicyclic amines) is 1. The van der Waals surface area contributed by atoms with Crippen molar-refractivity contribution in [2.24, 2.45) is 5.92 Å². The molecule has 4 rings (SSSR count). The molecule has 0 saturated carbocycles. The molecule has 152 valence electrons. The Labute approximate surface area is 176 Å². The van der Waals surface area contributed by atoms with Crippen LogP contribution in [-0.2, 0) is 4.79 Å². The lowest BCUT2D eigenvalue weighted by molar-refractivity contribution is -0.121. The van der Waals surface area contributed by atoms with Crippen molar-refractivity contribution < 1.29 is 9.59 Å². The Hall–Kier alpha value is -3.47. The molecule has 0 atom stereocenters. The monoisotopic (exact) mass is 399 g/mol. The van der Waals surface area contributed by atoms with E-state index in [1.807, 2.05) is 35.2 Å². The molecule has 3 aromatic rings. The smallest absolute Gasteiger partial charge is 0.253 e. The Morgan fingerprint density at radius 3 is 2.30 bits per heavy atom. The van der Waals surface area contributed by atoms with Crippen molar-refractivity contribution in [2.75, 3.05) is 18.4 Å². The van der Waals surface area contributed by atoms with Crippen molar-refractivity contribution in [1.29, 1.82) is 0 Å². The Bertz CT molecular complexity index is 1020. The standard InChI is InChI=1S/C25H25N3O2/c1-18-3-2-4-22(17-18)19-5-7-23(8-6-19)27-24(29)20-11-15-28(16-12-20)25(30)21-9-13-26-14-10-21/h2-10,13-14,17,20H,11-12,15-16H2,1H3,(H,27,29). The van der Waals surface area contributed by atoms with E-state index in [0.717, 1.165) is 11.3 Å². The van der Waals surface area contributed by atoms with Gasteiger partial charge in [0, 0.05) is 42.7 Å². The van der Waals surface area contributed by atoms with E-state index < -0.39 is 0 Å². The molecule has 5 nitrogen and oxygen atoms in total. The highest BCUT2D eigenvalue weighted by Gasteiger charge is 2.27. The van der Waals surface area contributed by atoms with E-state index in [1.165, 1.54) is 11.1 Å². The number of nitrogens with zero attached hydrogens (tertiary/aromatic N) is 2.